The van der Waals surface area contributed by atoms with Gasteiger partial charge in [-0.2, -0.15) is 0 Å². The first-order valence-electron chi connectivity index (χ1n) is 8.81. The number of hydrogen-bond acceptors (Lipinski definition) is 4. The number of carbonyl (C=O) groups excluding carboxylic acids is 1. The third-order valence-corrected chi connectivity index (χ3v) is 6.14. The number of hydrogen-bond donors (Lipinski definition) is 1. The standard InChI is InChI=1S/C22H21NO4S/c1-17-12-14-20(15-13-17)28(26,27)23(22(25)19-10-6-3-7-11-19)16-21(24)18-8-4-2-5-9-18/h2-15,21,24H,16H2,1H3. The van der Waals surface area contributed by atoms with Gasteiger partial charge in [0, 0.05) is 5.56 Å². The smallest absolute Gasteiger partial charge is 0.267 e. The molecule has 28 heavy (non-hydrogen) atoms. The van der Waals surface area contributed by atoms with Crippen LogP contribution >= 0.6 is 0 Å². The molecule has 0 fully saturated rings. The summed E-state index contributed by atoms with van der Waals surface area (Å²) in [5, 5.41) is 10.6. The Morgan fingerprint density at radius 2 is 1.43 bits per heavy atom. The summed E-state index contributed by atoms with van der Waals surface area (Å²) < 4.78 is 27.2. The van der Waals surface area contributed by atoms with Gasteiger partial charge in [-0.3, -0.25) is 4.79 Å². The second-order valence-corrected chi connectivity index (χ2v) is 8.31. The minimum atomic E-state index is -4.14. The van der Waals surface area contributed by atoms with Crippen molar-refractivity contribution in [3.63, 3.8) is 0 Å². The molecule has 1 unspecified atom stereocenters. The normalized spacial score (nSPS) is 12.4. The number of amides is 1. The van der Waals surface area contributed by atoms with Gasteiger partial charge < -0.3 is 5.11 Å². The molecule has 0 heterocycles. The van der Waals surface area contributed by atoms with Crippen LogP contribution in [0.5, 0.6) is 0 Å². The van der Waals surface area contributed by atoms with Crippen molar-refractivity contribution < 1.29 is 18.3 Å². The molecular formula is C22H21NO4S. The number of aryl methyl sites for hydroxylation is 1. The molecule has 0 aromatic heterocycles. The van der Waals surface area contributed by atoms with Crippen molar-refractivity contribution in [3.05, 3.63) is 102 Å². The Kier molecular flexibility index (Phi) is 5.92. The number of carbonyl (C=O) groups is 1. The lowest BCUT2D eigenvalue weighted by molar-refractivity contribution is 0.0780. The Morgan fingerprint density at radius 1 is 0.893 bits per heavy atom. The monoisotopic (exact) mass is 395 g/mol. The van der Waals surface area contributed by atoms with Crippen molar-refractivity contribution in [2.75, 3.05) is 6.54 Å². The lowest BCUT2D eigenvalue weighted by atomic mass is 10.1. The first-order chi connectivity index (χ1) is 13.4. The summed E-state index contributed by atoms with van der Waals surface area (Å²) in [7, 11) is -4.14. The topological polar surface area (TPSA) is 74.7 Å². The van der Waals surface area contributed by atoms with Crippen LogP contribution in [0, 0.1) is 6.92 Å². The van der Waals surface area contributed by atoms with E-state index in [1.807, 2.05) is 6.92 Å². The van der Waals surface area contributed by atoms with Crippen LogP contribution in [0.4, 0.5) is 0 Å². The van der Waals surface area contributed by atoms with Crippen LogP contribution < -0.4 is 0 Å². The number of rotatable bonds is 6. The molecule has 0 radical (unpaired) electrons. The SMILES string of the molecule is Cc1ccc(S(=O)(=O)N(CC(O)c2ccccc2)C(=O)c2ccccc2)cc1. The predicted octanol–water partition coefficient (Wildman–Crippen LogP) is 3.56. The predicted molar refractivity (Wildman–Crippen MR) is 107 cm³/mol. The minimum Gasteiger partial charge on any atom is -0.387 e. The average molecular weight is 395 g/mol. The van der Waals surface area contributed by atoms with E-state index in [9.17, 15) is 18.3 Å². The summed E-state index contributed by atoms with van der Waals surface area (Å²) in [6.07, 6.45) is -1.14. The average Bonchev–Trinajstić information content (AvgIpc) is 2.73. The van der Waals surface area contributed by atoms with E-state index < -0.39 is 22.0 Å². The highest BCUT2D eigenvalue weighted by Gasteiger charge is 2.32. The van der Waals surface area contributed by atoms with E-state index in [1.54, 1.807) is 72.8 Å². The number of aliphatic hydroxyl groups is 1. The van der Waals surface area contributed by atoms with Gasteiger partial charge in [0.15, 0.2) is 0 Å². The van der Waals surface area contributed by atoms with Gasteiger partial charge in [-0.05, 0) is 36.8 Å². The zero-order valence-electron chi connectivity index (χ0n) is 15.4. The van der Waals surface area contributed by atoms with Gasteiger partial charge in [0.05, 0.1) is 17.5 Å². The van der Waals surface area contributed by atoms with E-state index >= 15 is 0 Å². The Balaban J connectivity index is 2.01. The van der Waals surface area contributed by atoms with Gasteiger partial charge in [0.2, 0.25) is 0 Å². The van der Waals surface area contributed by atoms with Crippen molar-refractivity contribution in [1.29, 1.82) is 0 Å². The second-order valence-electron chi connectivity index (χ2n) is 6.45. The number of nitrogens with zero attached hydrogens (tertiary/aromatic N) is 1. The molecule has 0 aliphatic heterocycles. The van der Waals surface area contributed by atoms with Crippen LogP contribution in [0.3, 0.4) is 0 Å². The summed E-state index contributed by atoms with van der Waals surface area (Å²) in [5.74, 6) is -0.684. The van der Waals surface area contributed by atoms with Crippen molar-refractivity contribution >= 4 is 15.9 Å². The summed E-state index contributed by atoms with van der Waals surface area (Å²) in [6, 6.07) is 23.1. The highest BCUT2D eigenvalue weighted by Crippen LogP contribution is 2.23. The van der Waals surface area contributed by atoms with Crippen LogP contribution in [0.15, 0.2) is 89.8 Å². The summed E-state index contributed by atoms with van der Waals surface area (Å²) in [6.45, 7) is 1.47. The fraction of sp³-hybridized carbons (Fsp3) is 0.136. The van der Waals surface area contributed by atoms with E-state index in [-0.39, 0.29) is 17.0 Å². The van der Waals surface area contributed by atoms with Crippen LogP contribution in [0.25, 0.3) is 0 Å². The first-order valence-corrected chi connectivity index (χ1v) is 10.3. The van der Waals surface area contributed by atoms with Gasteiger partial charge in [0.25, 0.3) is 15.9 Å². The molecule has 3 aromatic rings. The summed E-state index contributed by atoms with van der Waals surface area (Å²) >= 11 is 0. The lowest BCUT2D eigenvalue weighted by Gasteiger charge is -2.25. The maximum absolute atomic E-state index is 13.2. The van der Waals surface area contributed by atoms with E-state index in [0.29, 0.717) is 5.56 Å². The van der Waals surface area contributed by atoms with E-state index in [2.05, 4.69) is 0 Å². The number of benzene rings is 3. The molecule has 3 rings (SSSR count). The molecule has 0 aliphatic carbocycles. The molecule has 0 bridgehead atoms. The number of sulfonamides is 1. The van der Waals surface area contributed by atoms with E-state index in [0.717, 1.165) is 9.87 Å². The molecule has 3 aromatic carbocycles. The molecule has 1 amide bonds. The Bertz CT molecular complexity index is 1030. The zero-order chi connectivity index (χ0) is 20.1. The maximum Gasteiger partial charge on any atom is 0.267 e. The van der Waals surface area contributed by atoms with Crippen molar-refractivity contribution in [3.8, 4) is 0 Å². The molecule has 5 nitrogen and oxygen atoms in total. The van der Waals surface area contributed by atoms with Crippen LogP contribution in [0.1, 0.15) is 27.6 Å². The van der Waals surface area contributed by atoms with E-state index in [1.165, 1.54) is 12.1 Å². The van der Waals surface area contributed by atoms with Gasteiger partial charge in [-0.25, -0.2) is 12.7 Å². The van der Waals surface area contributed by atoms with Gasteiger partial charge in [-0.1, -0.05) is 66.2 Å². The van der Waals surface area contributed by atoms with Gasteiger partial charge in [0.1, 0.15) is 0 Å². The van der Waals surface area contributed by atoms with Gasteiger partial charge >= 0.3 is 0 Å². The Labute approximate surface area is 164 Å². The molecule has 6 heteroatoms. The quantitative estimate of drug-likeness (QED) is 0.693. The Morgan fingerprint density at radius 3 is 2.00 bits per heavy atom. The highest BCUT2D eigenvalue weighted by atomic mass is 32.2. The maximum atomic E-state index is 13.2. The van der Waals surface area contributed by atoms with Gasteiger partial charge in [-0.15, -0.1) is 0 Å². The summed E-state index contributed by atoms with van der Waals surface area (Å²) in [5.41, 5.74) is 1.68. The van der Waals surface area contributed by atoms with E-state index in [4.69, 9.17) is 0 Å². The molecule has 0 spiro atoms. The third-order valence-electron chi connectivity index (χ3n) is 4.38. The molecule has 144 valence electrons. The second kappa shape index (κ2) is 8.37. The fourth-order valence-electron chi connectivity index (χ4n) is 2.79. The molecule has 0 aliphatic rings. The van der Waals surface area contributed by atoms with Crippen LogP contribution in [-0.2, 0) is 10.0 Å². The van der Waals surface area contributed by atoms with Crippen LogP contribution in [0.2, 0.25) is 0 Å². The zero-order valence-corrected chi connectivity index (χ0v) is 16.2. The molecule has 0 saturated heterocycles. The van der Waals surface area contributed by atoms with Crippen LogP contribution in [-0.4, -0.2) is 30.3 Å². The third kappa shape index (κ3) is 4.30. The Hall–Kier alpha value is -2.96. The number of aliphatic hydroxyl groups excluding tert-OH is 1. The molecular weight excluding hydrogens is 374 g/mol. The largest absolute Gasteiger partial charge is 0.387 e. The van der Waals surface area contributed by atoms with Crippen molar-refractivity contribution in [2.45, 2.75) is 17.9 Å². The van der Waals surface area contributed by atoms with Crippen molar-refractivity contribution in [1.82, 2.24) is 4.31 Å². The minimum absolute atomic E-state index is 0.00245. The lowest BCUT2D eigenvalue weighted by Crippen LogP contribution is -2.39. The molecule has 1 N–H and O–H groups in total. The molecule has 1 atom stereocenters. The fourth-order valence-corrected chi connectivity index (χ4v) is 4.19. The molecule has 0 saturated carbocycles. The first kappa shape index (κ1) is 19.8. The van der Waals surface area contributed by atoms with Crippen molar-refractivity contribution in [2.24, 2.45) is 0 Å². The summed E-state index contributed by atoms with van der Waals surface area (Å²) in [4.78, 5) is 13.0. The highest BCUT2D eigenvalue weighted by molar-refractivity contribution is 7.89.